The van der Waals surface area contributed by atoms with Crippen LogP contribution in [-0.2, 0) is 0 Å². The number of hydrogen-bond acceptors (Lipinski definition) is 5. The Hall–Kier alpha value is -3.71. The molecule has 2 aromatic carbocycles. The molecule has 2 aromatic heterocycles. The van der Waals surface area contributed by atoms with Crippen LogP contribution in [0.4, 0.5) is 11.4 Å². The fraction of sp³-hybridized carbons (Fsp3) is 0.174. The third-order valence-corrected chi connectivity index (χ3v) is 5.30. The van der Waals surface area contributed by atoms with Gasteiger partial charge in [0.2, 0.25) is 0 Å². The van der Waals surface area contributed by atoms with Crippen molar-refractivity contribution in [2.75, 3.05) is 36.4 Å². The Kier molecular flexibility index (Phi) is 4.86. The number of rotatable bonds is 4. The molecule has 0 spiro atoms. The molecule has 0 saturated carbocycles. The van der Waals surface area contributed by atoms with Gasteiger partial charge in [0, 0.05) is 37.9 Å². The lowest BCUT2D eigenvalue weighted by atomic mass is 10.1. The third-order valence-electron chi connectivity index (χ3n) is 5.30. The first kappa shape index (κ1) is 18.3. The van der Waals surface area contributed by atoms with E-state index in [1.807, 2.05) is 54.6 Å². The first-order chi connectivity index (χ1) is 14.8. The molecule has 1 amide bonds. The van der Waals surface area contributed by atoms with Gasteiger partial charge in [-0.05, 0) is 23.8 Å². The van der Waals surface area contributed by atoms with E-state index in [4.69, 9.17) is 0 Å². The summed E-state index contributed by atoms with van der Waals surface area (Å²) in [5.41, 5.74) is 4.75. The van der Waals surface area contributed by atoms with Gasteiger partial charge in [-0.1, -0.05) is 42.5 Å². The summed E-state index contributed by atoms with van der Waals surface area (Å²) in [5, 5.41) is 10.8. The maximum atomic E-state index is 13.0. The van der Waals surface area contributed by atoms with Crippen LogP contribution in [0, 0.1) is 0 Å². The summed E-state index contributed by atoms with van der Waals surface area (Å²) in [5.74, 6) is -0.236. The van der Waals surface area contributed by atoms with Crippen molar-refractivity contribution in [2.24, 2.45) is 0 Å². The van der Waals surface area contributed by atoms with Gasteiger partial charge in [-0.2, -0.15) is 5.10 Å². The van der Waals surface area contributed by atoms with Gasteiger partial charge < -0.3 is 15.5 Å². The van der Waals surface area contributed by atoms with E-state index >= 15 is 0 Å². The quantitative estimate of drug-likeness (QED) is 0.553. The molecule has 4 aromatic rings. The Morgan fingerprint density at radius 3 is 2.57 bits per heavy atom. The number of nitrogens with one attached hydrogen (secondary N) is 2. The molecule has 7 heteroatoms. The van der Waals surface area contributed by atoms with E-state index in [1.54, 1.807) is 23.0 Å². The van der Waals surface area contributed by atoms with Crippen LogP contribution < -0.4 is 15.5 Å². The Bertz CT molecular complexity index is 1180. The molecule has 0 aliphatic carbocycles. The predicted octanol–water partition coefficient (Wildman–Crippen LogP) is 3.06. The molecule has 0 unspecified atom stereocenters. The minimum Gasteiger partial charge on any atom is -0.367 e. The van der Waals surface area contributed by atoms with Gasteiger partial charge in [0.25, 0.3) is 5.91 Å². The van der Waals surface area contributed by atoms with Crippen molar-refractivity contribution in [2.45, 2.75) is 0 Å². The van der Waals surface area contributed by atoms with Gasteiger partial charge in [0.15, 0.2) is 5.65 Å². The number of hydrogen-bond donors (Lipinski definition) is 2. The summed E-state index contributed by atoms with van der Waals surface area (Å²) in [7, 11) is 0. The third kappa shape index (κ3) is 3.51. The van der Waals surface area contributed by atoms with E-state index in [1.165, 1.54) is 0 Å². The smallest absolute Gasteiger partial charge is 0.274 e. The minimum atomic E-state index is -0.236. The summed E-state index contributed by atoms with van der Waals surface area (Å²) in [6, 6.07) is 19.5. The molecule has 0 radical (unpaired) electrons. The topological polar surface area (TPSA) is 74.6 Å². The van der Waals surface area contributed by atoms with Crippen LogP contribution in [0.25, 0.3) is 16.8 Å². The molecule has 7 nitrogen and oxygen atoms in total. The molecule has 5 rings (SSSR count). The summed E-state index contributed by atoms with van der Waals surface area (Å²) in [6.07, 6.45) is 3.55. The fourth-order valence-electron chi connectivity index (χ4n) is 3.76. The van der Waals surface area contributed by atoms with Crippen LogP contribution >= 0.6 is 0 Å². The van der Waals surface area contributed by atoms with Crippen LogP contribution in [0.3, 0.4) is 0 Å². The number of carbonyl (C=O) groups excluding carboxylic acids is 1. The monoisotopic (exact) mass is 398 g/mol. The van der Waals surface area contributed by atoms with Crippen molar-refractivity contribution in [1.82, 2.24) is 19.9 Å². The standard InChI is InChI=1S/C23H22N6O/c30-23(27-19-8-4-5-9-21(19)28-14-11-24-12-15-28)20-10-13-29-22(26-20)18(16-25-29)17-6-2-1-3-7-17/h1-10,13,16,24H,11-12,14-15H2,(H,27,30). The maximum Gasteiger partial charge on any atom is 0.274 e. The normalized spacial score (nSPS) is 14.1. The van der Waals surface area contributed by atoms with Gasteiger partial charge in [0.05, 0.1) is 17.6 Å². The second-order valence-corrected chi connectivity index (χ2v) is 7.21. The second kappa shape index (κ2) is 7.96. The lowest BCUT2D eigenvalue weighted by molar-refractivity contribution is 0.102. The van der Waals surface area contributed by atoms with E-state index in [0.29, 0.717) is 11.3 Å². The number of fused-ring (bicyclic) bond motifs is 1. The zero-order valence-electron chi connectivity index (χ0n) is 16.5. The number of amides is 1. The molecule has 0 bridgehead atoms. The number of benzene rings is 2. The lowest BCUT2D eigenvalue weighted by Gasteiger charge is -2.31. The van der Waals surface area contributed by atoms with Crippen LogP contribution in [0.1, 0.15) is 10.5 Å². The van der Waals surface area contributed by atoms with Crippen molar-refractivity contribution >= 4 is 22.9 Å². The molecular formula is C23H22N6O. The summed E-state index contributed by atoms with van der Waals surface area (Å²) in [4.78, 5) is 19.9. The van der Waals surface area contributed by atoms with Gasteiger partial charge >= 0.3 is 0 Å². The first-order valence-electron chi connectivity index (χ1n) is 10.1. The minimum absolute atomic E-state index is 0.236. The van der Waals surface area contributed by atoms with Crippen molar-refractivity contribution < 1.29 is 4.79 Å². The average molecular weight is 398 g/mol. The number of nitrogens with zero attached hydrogens (tertiary/aromatic N) is 4. The van der Waals surface area contributed by atoms with E-state index in [2.05, 4.69) is 25.6 Å². The number of piperazine rings is 1. The summed E-state index contributed by atoms with van der Waals surface area (Å²) >= 11 is 0. The van der Waals surface area contributed by atoms with E-state index in [-0.39, 0.29) is 5.91 Å². The van der Waals surface area contributed by atoms with Crippen LogP contribution in [-0.4, -0.2) is 46.7 Å². The van der Waals surface area contributed by atoms with Crippen LogP contribution in [0.5, 0.6) is 0 Å². The maximum absolute atomic E-state index is 13.0. The number of aromatic nitrogens is 3. The Morgan fingerprint density at radius 2 is 1.73 bits per heavy atom. The zero-order valence-corrected chi connectivity index (χ0v) is 16.5. The largest absolute Gasteiger partial charge is 0.367 e. The average Bonchev–Trinajstić information content (AvgIpc) is 3.24. The fourth-order valence-corrected chi connectivity index (χ4v) is 3.76. The van der Waals surface area contributed by atoms with Crippen molar-refractivity contribution in [3.8, 4) is 11.1 Å². The highest BCUT2D eigenvalue weighted by atomic mass is 16.1. The van der Waals surface area contributed by atoms with Crippen LogP contribution in [0.2, 0.25) is 0 Å². The first-order valence-corrected chi connectivity index (χ1v) is 10.1. The van der Waals surface area contributed by atoms with Gasteiger partial charge in [-0.3, -0.25) is 4.79 Å². The SMILES string of the molecule is O=C(Nc1ccccc1N1CCNCC1)c1ccn2ncc(-c3ccccc3)c2n1. The molecule has 1 saturated heterocycles. The number of anilines is 2. The van der Waals surface area contributed by atoms with E-state index in [9.17, 15) is 4.79 Å². The molecule has 0 atom stereocenters. The summed E-state index contributed by atoms with van der Waals surface area (Å²) in [6.45, 7) is 3.69. The Labute approximate surface area is 174 Å². The second-order valence-electron chi connectivity index (χ2n) is 7.21. The highest BCUT2D eigenvalue weighted by Gasteiger charge is 2.17. The highest BCUT2D eigenvalue weighted by molar-refractivity contribution is 6.05. The zero-order chi connectivity index (χ0) is 20.3. The van der Waals surface area contributed by atoms with Gasteiger partial charge in [-0.25, -0.2) is 9.50 Å². The molecule has 2 N–H and O–H groups in total. The Balaban J connectivity index is 1.45. The lowest BCUT2D eigenvalue weighted by Crippen LogP contribution is -2.43. The Morgan fingerprint density at radius 1 is 0.967 bits per heavy atom. The molecule has 150 valence electrons. The predicted molar refractivity (Wildman–Crippen MR) is 118 cm³/mol. The number of para-hydroxylation sites is 2. The van der Waals surface area contributed by atoms with Crippen LogP contribution in [0.15, 0.2) is 73.1 Å². The van der Waals surface area contributed by atoms with Gasteiger partial charge in [0.1, 0.15) is 5.69 Å². The molecule has 1 aliphatic rings. The molecule has 3 heterocycles. The molecule has 30 heavy (non-hydrogen) atoms. The van der Waals surface area contributed by atoms with Crippen molar-refractivity contribution in [3.05, 3.63) is 78.8 Å². The molecule has 1 aliphatic heterocycles. The molecule has 1 fully saturated rings. The van der Waals surface area contributed by atoms with E-state index in [0.717, 1.165) is 48.7 Å². The highest BCUT2D eigenvalue weighted by Crippen LogP contribution is 2.27. The van der Waals surface area contributed by atoms with E-state index < -0.39 is 0 Å². The number of carbonyl (C=O) groups is 1. The van der Waals surface area contributed by atoms with Gasteiger partial charge in [-0.15, -0.1) is 0 Å². The molecular weight excluding hydrogens is 376 g/mol. The van der Waals surface area contributed by atoms with Crippen molar-refractivity contribution in [3.63, 3.8) is 0 Å². The summed E-state index contributed by atoms with van der Waals surface area (Å²) < 4.78 is 1.69. The van der Waals surface area contributed by atoms with Crippen molar-refractivity contribution in [1.29, 1.82) is 0 Å².